The van der Waals surface area contributed by atoms with E-state index in [9.17, 15) is 9.59 Å². The van der Waals surface area contributed by atoms with Crippen LogP contribution in [0.25, 0.3) is 10.9 Å². The molecule has 0 spiro atoms. The number of anilines is 1. The van der Waals surface area contributed by atoms with Crippen molar-refractivity contribution in [2.45, 2.75) is 39.3 Å². The molecule has 136 valence electrons. The number of hydrogen-bond acceptors (Lipinski definition) is 5. The monoisotopic (exact) mass is 355 g/mol. The summed E-state index contributed by atoms with van der Waals surface area (Å²) in [6.45, 7) is 5.57. The number of rotatable bonds is 6. The van der Waals surface area contributed by atoms with E-state index >= 15 is 0 Å². The number of nitrogens with zero attached hydrogens (tertiary/aromatic N) is 3. The van der Waals surface area contributed by atoms with E-state index in [0.29, 0.717) is 11.2 Å². The third-order valence-corrected chi connectivity index (χ3v) is 4.25. The molecule has 8 nitrogen and oxygen atoms in total. The van der Waals surface area contributed by atoms with Gasteiger partial charge >= 0.3 is 5.97 Å². The Morgan fingerprint density at radius 2 is 2.04 bits per heavy atom. The SMILES string of the molecule is CC[C@H](C)n1nccc1NC(=O)[C@@H](C)OC(=O)c1n[nH]c2ccccc12. The van der Waals surface area contributed by atoms with E-state index < -0.39 is 18.0 Å². The van der Waals surface area contributed by atoms with Crippen molar-refractivity contribution in [1.29, 1.82) is 0 Å². The fourth-order valence-electron chi connectivity index (χ4n) is 2.55. The smallest absolute Gasteiger partial charge is 0.360 e. The lowest BCUT2D eigenvalue weighted by Crippen LogP contribution is -2.31. The van der Waals surface area contributed by atoms with Gasteiger partial charge in [0.25, 0.3) is 5.91 Å². The minimum atomic E-state index is -0.974. The van der Waals surface area contributed by atoms with E-state index in [1.54, 1.807) is 29.1 Å². The van der Waals surface area contributed by atoms with Crippen LogP contribution in [-0.4, -0.2) is 38.0 Å². The van der Waals surface area contributed by atoms with Crippen LogP contribution in [0.3, 0.4) is 0 Å². The van der Waals surface area contributed by atoms with Crippen LogP contribution in [-0.2, 0) is 9.53 Å². The molecular formula is C18H21N5O3. The number of para-hydroxylation sites is 1. The Balaban J connectivity index is 1.68. The molecule has 2 heterocycles. The zero-order valence-electron chi connectivity index (χ0n) is 14.9. The molecule has 0 aliphatic heterocycles. The fraction of sp³-hybridized carbons (Fsp3) is 0.333. The number of ether oxygens (including phenoxy) is 1. The number of carbonyl (C=O) groups excluding carboxylic acids is 2. The summed E-state index contributed by atoms with van der Waals surface area (Å²) in [6.07, 6.45) is 1.52. The number of fused-ring (bicyclic) bond motifs is 1. The molecule has 0 bridgehead atoms. The van der Waals surface area contributed by atoms with E-state index in [2.05, 4.69) is 20.6 Å². The third-order valence-electron chi connectivity index (χ3n) is 4.25. The quantitative estimate of drug-likeness (QED) is 0.662. The Labute approximate surface area is 150 Å². The molecule has 0 saturated heterocycles. The van der Waals surface area contributed by atoms with Crippen molar-refractivity contribution in [3.05, 3.63) is 42.2 Å². The van der Waals surface area contributed by atoms with Crippen LogP contribution >= 0.6 is 0 Å². The summed E-state index contributed by atoms with van der Waals surface area (Å²) in [6, 6.07) is 9.08. The highest BCUT2D eigenvalue weighted by Crippen LogP contribution is 2.18. The number of amides is 1. The van der Waals surface area contributed by atoms with Gasteiger partial charge in [-0.05, 0) is 26.3 Å². The summed E-state index contributed by atoms with van der Waals surface area (Å²) in [4.78, 5) is 24.7. The van der Waals surface area contributed by atoms with Gasteiger partial charge in [-0.2, -0.15) is 10.2 Å². The predicted molar refractivity (Wildman–Crippen MR) is 96.8 cm³/mol. The minimum Gasteiger partial charge on any atom is -0.448 e. The Morgan fingerprint density at radius 3 is 2.81 bits per heavy atom. The van der Waals surface area contributed by atoms with Crippen LogP contribution in [0.15, 0.2) is 36.5 Å². The number of aromatic nitrogens is 4. The highest BCUT2D eigenvalue weighted by atomic mass is 16.5. The lowest BCUT2D eigenvalue weighted by Gasteiger charge is -2.16. The summed E-state index contributed by atoms with van der Waals surface area (Å²) in [5.41, 5.74) is 0.888. The van der Waals surface area contributed by atoms with E-state index in [1.165, 1.54) is 6.92 Å². The molecule has 1 aromatic carbocycles. The van der Waals surface area contributed by atoms with Crippen molar-refractivity contribution in [2.75, 3.05) is 5.32 Å². The number of nitrogens with one attached hydrogen (secondary N) is 2. The number of H-pyrrole nitrogens is 1. The fourth-order valence-corrected chi connectivity index (χ4v) is 2.55. The van der Waals surface area contributed by atoms with Gasteiger partial charge in [0, 0.05) is 11.5 Å². The molecule has 26 heavy (non-hydrogen) atoms. The molecule has 0 fully saturated rings. The Bertz CT molecular complexity index is 930. The van der Waals surface area contributed by atoms with Gasteiger partial charge in [-0.1, -0.05) is 25.1 Å². The first kappa shape index (κ1) is 17.7. The molecular weight excluding hydrogens is 334 g/mol. The van der Waals surface area contributed by atoms with Gasteiger partial charge in [0.15, 0.2) is 11.8 Å². The zero-order valence-corrected chi connectivity index (χ0v) is 14.9. The highest BCUT2D eigenvalue weighted by Gasteiger charge is 2.23. The summed E-state index contributed by atoms with van der Waals surface area (Å²) >= 11 is 0. The normalized spacial score (nSPS) is 13.3. The maximum Gasteiger partial charge on any atom is 0.360 e. The topological polar surface area (TPSA) is 102 Å². The van der Waals surface area contributed by atoms with Gasteiger partial charge in [-0.15, -0.1) is 0 Å². The molecule has 0 aliphatic rings. The molecule has 3 aromatic rings. The van der Waals surface area contributed by atoms with Crippen molar-refractivity contribution in [3.63, 3.8) is 0 Å². The van der Waals surface area contributed by atoms with Gasteiger partial charge in [-0.3, -0.25) is 9.89 Å². The molecule has 8 heteroatoms. The van der Waals surface area contributed by atoms with Crippen molar-refractivity contribution in [3.8, 4) is 0 Å². The molecule has 3 rings (SSSR count). The Morgan fingerprint density at radius 1 is 1.27 bits per heavy atom. The lowest BCUT2D eigenvalue weighted by molar-refractivity contribution is -0.123. The second-order valence-electron chi connectivity index (χ2n) is 6.07. The number of benzene rings is 1. The van der Waals surface area contributed by atoms with Gasteiger partial charge in [0.05, 0.1) is 17.8 Å². The van der Waals surface area contributed by atoms with Crippen molar-refractivity contribution in [1.82, 2.24) is 20.0 Å². The van der Waals surface area contributed by atoms with E-state index in [4.69, 9.17) is 4.74 Å². The lowest BCUT2D eigenvalue weighted by atomic mass is 10.2. The summed E-state index contributed by atoms with van der Waals surface area (Å²) in [7, 11) is 0. The molecule has 2 atom stereocenters. The maximum absolute atomic E-state index is 12.4. The predicted octanol–water partition coefficient (Wildman–Crippen LogP) is 2.91. The zero-order chi connectivity index (χ0) is 18.7. The van der Waals surface area contributed by atoms with Crippen molar-refractivity contribution < 1.29 is 14.3 Å². The van der Waals surface area contributed by atoms with Crippen LogP contribution in [0, 0.1) is 0 Å². The first-order valence-electron chi connectivity index (χ1n) is 8.49. The van der Waals surface area contributed by atoms with E-state index in [0.717, 1.165) is 11.9 Å². The molecule has 2 N–H and O–H groups in total. The number of aromatic amines is 1. The van der Waals surface area contributed by atoms with Crippen LogP contribution < -0.4 is 5.32 Å². The van der Waals surface area contributed by atoms with E-state index in [-0.39, 0.29) is 11.7 Å². The molecule has 0 saturated carbocycles. The second kappa shape index (κ2) is 7.38. The summed E-state index contributed by atoms with van der Waals surface area (Å²) in [5, 5.41) is 14.4. The van der Waals surface area contributed by atoms with Crippen LogP contribution in [0.4, 0.5) is 5.82 Å². The largest absolute Gasteiger partial charge is 0.448 e. The number of carbonyl (C=O) groups is 2. The average molecular weight is 355 g/mol. The molecule has 0 unspecified atom stereocenters. The van der Waals surface area contributed by atoms with Crippen molar-refractivity contribution >= 4 is 28.6 Å². The highest BCUT2D eigenvalue weighted by molar-refractivity contribution is 6.03. The molecule has 0 radical (unpaired) electrons. The molecule has 0 aliphatic carbocycles. The first-order valence-corrected chi connectivity index (χ1v) is 8.49. The van der Waals surface area contributed by atoms with E-state index in [1.807, 2.05) is 26.0 Å². The van der Waals surface area contributed by atoms with Crippen molar-refractivity contribution in [2.24, 2.45) is 0 Å². The van der Waals surface area contributed by atoms with Gasteiger partial charge in [-0.25, -0.2) is 9.48 Å². The van der Waals surface area contributed by atoms with Crippen LogP contribution in [0.5, 0.6) is 0 Å². The average Bonchev–Trinajstić information content (AvgIpc) is 3.27. The summed E-state index contributed by atoms with van der Waals surface area (Å²) < 4.78 is 7.01. The second-order valence-corrected chi connectivity index (χ2v) is 6.07. The standard InChI is InChI=1S/C18H21N5O3/c1-4-11(2)23-15(9-10-19-23)20-17(24)12(3)26-18(25)16-13-7-5-6-8-14(13)21-22-16/h5-12H,4H2,1-3H3,(H,20,24)(H,21,22)/t11-,12+/m0/s1. The minimum absolute atomic E-state index is 0.147. The first-order chi connectivity index (χ1) is 12.5. The van der Waals surface area contributed by atoms with Gasteiger partial charge < -0.3 is 10.1 Å². The van der Waals surface area contributed by atoms with Crippen LogP contribution in [0.2, 0.25) is 0 Å². The van der Waals surface area contributed by atoms with Gasteiger partial charge in [0.1, 0.15) is 5.82 Å². The Kier molecular flexibility index (Phi) is 5.01. The molecule has 2 aromatic heterocycles. The Hall–Kier alpha value is -3.16. The van der Waals surface area contributed by atoms with Gasteiger partial charge in [0.2, 0.25) is 0 Å². The third kappa shape index (κ3) is 3.44. The maximum atomic E-state index is 12.4. The summed E-state index contributed by atoms with van der Waals surface area (Å²) in [5.74, 6) is -0.513. The molecule has 1 amide bonds. The number of hydrogen-bond donors (Lipinski definition) is 2. The number of esters is 1. The van der Waals surface area contributed by atoms with Crippen LogP contribution in [0.1, 0.15) is 43.7 Å².